The van der Waals surface area contributed by atoms with Crippen molar-refractivity contribution >= 4 is 21.4 Å². The molecule has 0 aliphatic heterocycles. The molecule has 0 spiro atoms. The van der Waals surface area contributed by atoms with Gasteiger partial charge in [-0.2, -0.15) is 5.26 Å². The Labute approximate surface area is 140 Å². The Bertz CT molecular complexity index is 848. The van der Waals surface area contributed by atoms with Crippen LogP contribution in [0.3, 0.4) is 0 Å². The number of sulfonamides is 1. The number of aromatic nitrogens is 1. The zero-order valence-electron chi connectivity index (χ0n) is 12.7. The molecular weight excluding hydrogens is 330 g/mol. The van der Waals surface area contributed by atoms with Gasteiger partial charge in [0, 0.05) is 11.1 Å². The number of rotatable bonds is 6. The molecule has 1 aliphatic rings. The molecule has 5 nitrogen and oxygen atoms in total. The van der Waals surface area contributed by atoms with Crippen LogP contribution in [-0.2, 0) is 15.8 Å². The monoisotopic (exact) mass is 347 g/mol. The van der Waals surface area contributed by atoms with Gasteiger partial charge in [-0.1, -0.05) is 12.1 Å². The Hall–Kier alpha value is -1.75. The highest BCUT2D eigenvalue weighted by molar-refractivity contribution is 7.88. The van der Waals surface area contributed by atoms with Crippen LogP contribution in [0.5, 0.6) is 0 Å². The van der Waals surface area contributed by atoms with Crippen molar-refractivity contribution in [1.82, 2.24) is 9.71 Å². The van der Waals surface area contributed by atoms with Crippen molar-refractivity contribution in [3.8, 4) is 6.07 Å². The highest BCUT2D eigenvalue weighted by Gasteiger charge is 2.36. The van der Waals surface area contributed by atoms with E-state index in [-0.39, 0.29) is 11.8 Å². The van der Waals surface area contributed by atoms with Gasteiger partial charge in [0.2, 0.25) is 10.0 Å². The molecule has 1 fully saturated rings. The molecule has 23 heavy (non-hydrogen) atoms. The molecule has 7 heteroatoms. The Morgan fingerprint density at radius 3 is 2.87 bits per heavy atom. The molecular formula is C16H17N3O2S2. The highest BCUT2D eigenvalue weighted by atomic mass is 32.2. The first-order chi connectivity index (χ1) is 11.0. The summed E-state index contributed by atoms with van der Waals surface area (Å²) in [6.07, 6.45) is 3.82. The molecule has 1 atom stereocenters. The van der Waals surface area contributed by atoms with E-state index in [0.717, 1.165) is 22.7 Å². The third-order valence-electron chi connectivity index (χ3n) is 3.72. The summed E-state index contributed by atoms with van der Waals surface area (Å²) >= 11 is 1.54. The van der Waals surface area contributed by atoms with Crippen molar-refractivity contribution in [3.05, 3.63) is 51.5 Å². The van der Waals surface area contributed by atoms with Crippen molar-refractivity contribution in [3.63, 3.8) is 0 Å². The number of thiazole rings is 1. The number of nitrogens with one attached hydrogen (secondary N) is 1. The lowest BCUT2D eigenvalue weighted by Gasteiger charge is -2.16. The average molecular weight is 347 g/mol. The van der Waals surface area contributed by atoms with Crippen LogP contribution in [0.2, 0.25) is 0 Å². The predicted octanol–water partition coefficient (Wildman–Crippen LogP) is 2.89. The van der Waals surface area contributed by atoms with Gasteiger partial charge in [0.15, 0.2) is 0 Å². The van der Waals surface area contributed by atoms with Crippen LogP contribution >= 0.6 is 11.3 Å². The zero-order valence-corrected chi connectivity index (χ0v) is 14.3. The van der Waals surface area contributed by atoms with Crippen LogP contribution in [0.25, 0.3) is 0 Å². The molecule has 0 saturated heterocycles. The molecule has 1 N–H and O–H groups in total. The van der Waals surface area contributed by atoms with Crippen molar-refractivity contribution < 1.29 is 8.42 Å². The standard InChI is InChI=1S/C16H17N3O2S2/c1-11-9-18-16(22-11)15(14-5-6-14)19-23(20,21)10-13-4-2-3-12(7-13)8-17/h2-4,7,9,14-15,19H,5-6,10H2,1H3/t15-/m1/s1. The number of aryl methyl sites for hydroxylation is 1. The van der Waals surface area contributed by atoms with Crippen LogP contribution in [0, 0.1) is 24.2 Å². The van der Waals surface area contributed by atoms with Gasteiger partial charge >= 0.3 is 0 Å². The fourth-order valence-corrected chi connectivity index (χ4v) is 4.87. The second-order valence-electron chi connectivity index (χ2n) is 5.81. The Kier molecular flexibility index (Phi) is 4.48. The molecule has 1 aromatic carbocycles. The third kappa shape index (κ3) is 4.16. The van der Waals surface area contributed by atoms with E-state index in [0.29, 0.717) is 17.0 Å². The third-order valence-corrected chi connectivity index (χ3v) is 6.04. The minimum atomic E-state index is -3.50. The van der Waals surface area contributed by atoms with Gasteiger partial charge in [-0.15, -0.1) is 11.3 Å². The minimum absolute atomic E-state index is 0.129. The number of nitrogens with zero attached hydrogens (tertiary/aromatic N) is 2. The first-order valence-corrected chi connectivity index (χ1v) is 9.85. The lowest BCUT2D eigenvalue weighted by Crippen LogP contribution is -2.31. The summed E-state index contributed by atoms with van der Waals surface area (Å²) in [5.41, 5.74) is 1.08. The fourth-order valence-electron chi connectivity index (χ4n) is 2.48. The SMILES string of the molecule is Cc1cnc([C@H](NS(=O)(=O)Cc2cccc(C#N)c2)C2CC2)s1. The summed E-state index contributed by atoms with van der Waals surface area (Å²) in [6, 6.07) is 8.48. The molecule has 0 radical (unpaired) electrons. The predicted molar refractivity (Wildman–Crippen MR) is 89.2 cm³/mol. The van der Waals surface area contributed by atoms with Gasteiger partial charge in [0.05, 0.1) is 23.4 Å². The molecule has 120 valence electrons. The number of hydrogen-bond acceptors (Lipinski definition) is 5. The second kappa shape index (κ2) is 6.40. The molecule has 0 unspecified atom stereocenters. The average Bonchev–Trinajstić information content (AvgIpc) is 3.26. The van der Waals surface area contributed by atoms with Crippen LogP contribution < -0.4 is 4.72 Å². The number of hydrogen-bond donors (Lipinski definition) is 1. The topological polar surface area (TPSA) is 82.8 Å². The number of nitriles is 1. The smallest absolute Gasteiger partial charge is 0.216 e. The van der Waals surface area contributed by atoms with E-state index in [9.17, 15) is 8.42 Å². The van der Waals surface area contributed by atoms with Gasteiger partial charge < -0.3 is 0 Å². The van der Waals surface area contributed by atoms with Crippen LogP contribution in [0.1, 0.15) is 39.9 Å². The van der Waals surface area contributed by atoms with Gasteiger partial charge in [-0.05, 0) is 43.4 Å². The lowest BCUT2D eigenvalue weighted by atomic mass is 10.2. The van der Waals surface area contributed by atoms with E-state index in [1.807, 2.05) is 13.0 Å². The quantitative estimate of drug-likeness (QED) is 0.871. The highest BCUT2D eigenvalue weighted by Crippen LogP contribution is 2.42. The summed E-state index contributed by atoms with van der Waals surface area (Å²) in [7, 11) is -3.50. The van der Waals surface area contributed by atoms with Gasteiger partial charge in [0.25, 0.3) is 0 Å². The maximum Gasteiger partial charge on any atom is 0.216 e. The summed E-state index contributed by atoms with van der Waals surface area (Å²) < 4.78 is 27.8. The van der Waals surface area contributed by atoms with Crippen LogP contribution in [0.15, 0.2) is 30.5 Å². The summed E-state index contributed by atoms with van der Waals surface area (Å²) in [4.78, 5) is 5.42. The Morgan fingerprint density at radius 1 is 1.48 bits per heavy atom. The molecule has 3 rings (SSSR count). The van der Waals surface area contributed by atoms with E-state index in [1.54, 1.807) is 30.5 Å². The molecule has 1 aliphatic carbocycles. The first kappa shape index (κ1) is 16.1. The van der Waals surface area contributed by atoms with Gasteiger partial charge in [-0.25, -0.2) is 18.1 Å². The maximum absolute atomic E-state index is 12.5. The molecule has 1 saturated carbocycles. The van der Waals surface area contributed by atoms with Gasteiger partial charge in [0.1, 0.15) is 5.01 Å². The normalized spacial score (nSPS) is 16.0. The maximum atomic E-state index is 12.5. The van der Waals surface area contributed by atoms with E-state index in [4.69, 9.17) is 5.26 Å². The first-order valence-electron chi connectivity index (χ1n) is 7.38. The van der Waals surface area contributed by atoms with Crippen molar-refractivity contribution in [2.45, 2.75) is 31.6 Å². The summed E-state index contributed by atoms with van der Waals surface area (Å²) in [5.74, 6) is 0.205. The van der Waals surface area contributed by atoms with Gasteiger partial charge in [-0.3, -0.25) is 0 Å². The van der Waals surface area contributed by atoms with Crippen LogP contribution in [-0.4, -0.2) is 13.4 Å². The largest absolute Gasteiger partial charge is 0.248 e. The lowest BCUT2D eigenvalue weighted by molar-refractivity contribution is 0.527. The zero-order chi connectivity index (χ0) is 16.4. The van der Waals surface area contributed by atoms with Crippen molar-refractivity contribution in [2.24, 2.45) is 5.92 Å². The molecule has 1 heterocycles. The Balaban J connectivity index is 1.77. The Morgan fingerprint density at radius 2 is 2.26 bits per heavy atom. The van der Waals surface area contributed by atoms with E-state index < -0.39 is 10.0 Å². The second-order valence-corrected chi connectivity index (χ2v) is 8.83. The summed E-state index contributed by atoms with van der Waals surface area (Å²) in [5, 5.41) is 9.75. The van der Waals surface area contributed by atoms with Crippen LogP contribution in [0.4, 0.5) is 0 Å². The molecule has 0 bridgehead atoms. The van der Waals surface area contributed by atoms with Crippen molar-refractivity contribution in [2.75, 3.05) is 0 Å². The molecule has 0 amide bonds. The molecule has 1 aromatic heterocycles. The fraction of sp³-hybridized carbons (Fsp3) is 0.375. The van der Waals surface area contributed by atoms with E-state index in [2.05, 4.69) is 9.71 Å². The number of benzene rings is 1. The molecule has 2 aromatic rings. The van der Waals surface area contributed by atoms with Crippen molar-refractivity contribution in [1.29, 1.82) is 5.26 Å². The van der Waals surface area contributed by atoms with E-state index >= 15 is 0 Å². The summed E-state index contributed by atoms with van der Waals surface area (Å²) in [6.45, 7) is 1.97. The minimum Gasteiger partial charge on any atom is -0.248 e. The van der Waals surface area contributed by atoms with E-state index in [1.165, 1.54) is 11.3 Å².